The van der Waals surface area contributed by atoms with E-state index in [1.807, 2.05) is 50.2 Å². The lowest BCUT2D eigenvalue weighted by molar-refractivity contribution is -0.116. The summed E-state index contributed by atoms with van der Waals surface area (Å²) in [5, 5.41) is 3.93. The third-order valence-corrected chi connectivity index (χ3v) is 5.98. The van der Waals surface area contributed by atoms with Crippen LogP contribution in [0, 0.1) is 0 Å². The number of carbonyl (C=O) groups is 1. The molecule has 1 N–H and O–H groups in total. The van der Waals surface area contributed by atoms with Gasteiger partial charge in [-0.2, -0.15) is 0 Å². The van der Waals surface area contributed by atoms with Gasteiger partial charge in [0.15, 0.2) is 0 Å². The van der Waals surface area contributed by atoms with E-state index in [9.17, 15) is 4.79 Å². The number of carbonyl (C=O) groups excluding carboxylic acids is 1. The van der Waals surface area contributed by atoms with Crippen molar-refractivity contribution in [3.05, 3.63) is 54.3 Å². The van der Waals surface area contributed by atoms with E-state index < -0.39 is 0 Å². The minimum Gasteiger partial charge on any atom is -0.496 e. The fourth-order valence-corrected chi connectivity index (χ4v) is 4.20. The maximum atomic E-state index is 12.6. The number of allylic oxidation sites excluding steroid dienone is 1. The lowest BCUT2D eigenvalue weighted by atomic mass is 9.98. The summed E-state index contributed by atoms with van der Waals surface area (Å²) in [7, 11) is 1.66. The van der Waals surface area contributed by atoms with Gasteiger partial charge in [-0.05, 0) is 31.6 Å². The van der Waals surface area contributed by atoms with E-state index in [0.717, 1.165) is 71.8 Å². The summed E-state index contributed by atoms with van der Waals surface area (Å²) in [6.07, 6.45) is 3.37. The van der Waals surface area contributed by atoms with Gasteiger partial charge in [-0.3, -0.25) is 9.69 Å². The van der Waals surface area contributed by atoms with Gasteiger partial charge in [0.2, 0.25) is 5.91 Å². The minimum absolute atomic E-state index is 0.120. The third-order valence-electron chi connectivity index (χ3n) is 5.98. The molecule has 0 spiro atoms. The van der Waals surface area contributed by atoms with E-state index in [2.05, 4.69) is 10.2 Å². The summed E-state index contributed by atoms with van der Waals surface area (Å²) in [4.78, 5) is 14.9. The second-order valence-corrected chi connectivity index (χ2v) is 8.20. The molecule has 180 valence electrons. The Morgan fingerprint density at radius 2 is 1.94 bits per heavy atom. The number of para-hydroxylation sites is 1. The molecular weight excluding hydrogens is 432 g/mol. The first-order chi connectivity index (χ1) is 16.6. The summed E-state index contributed by atoms with van der Waals surface area (Å²) in [6, 6.07) is 11.8. The molecular formula is C27H32N2O5. The highest BCUT2D eigenvalue weighted by Gasteiger charge is 2.17. The fraction of sp³-hybridized carbons (Fsp3) is 0.370. The van der Waals surface area contributed by atoms with Crippen molar-refractivity contribution in [2.75, 3.05) is 53.1 Å². The van der Waals surface area contributed by atoms with Crippen molar-refractivity contribution >= 4 is 22.4 Å². The summed E-state index contributed by atoms with van der Waals surface area (Å²) in [5.74, 6) is 1.34. The highest BCUT2D eigenvalue weighted by molar-refractivity contribution is 6.01. The second-order valence-electron chi connectivity index (χ2n) is 8.20. The van der Waals surface area contributed by atoms with Crippen molar-refractivity contribution in [3.8, 4) is 22.6 Å². The van der Waals surface area contributed by atoms with Crippen LogP contribution in [0.15, 0.2) is 53.2 Å². The van der Waals surface area contributed by atoms with Crippen molar-refractivity contribution in [3.63, 3.8) is 0 Å². The molecule has 2 aromatic carbocycles. The van der Waals surface area contributed by atoms with Gasteiger partial charge in [0.1, 0.15) is 17.1 Å². The molecule has 0 bridgehead atoms. The molecule has 1 aliphatic heterocycles. The van der Waals surface area contributed by atoms with Crippen molar-refractivity contribution in [1.82, 2.24) is 10.2 Å². The molecule has 0 unspecified atom stereocenters. The van der Waals surface area contributed by atoms with Crippen LogP contribution in [0.2, 0.25) is 0 Å². The quantitative estimate of drug-likeness (QED) is 0.475. The van der Waals surface area contributed by atoms with Gasteiger partial charge >= 0.3 is 0 Å². The number of hydrogen-bond donors (Lipinski definition) is 1. The van der Waals surface area contributed by atoms with E-state index in [1.54, 1.807) is 19.4 Å². The number of ether oxygens (including phenoxy) is 3. The highest BCUT2D eigenvalue weighted by Crippen LogP contribution is 2.40. The molecule has 3 aromatic rings. The molecule has 7 nitrogen and oxygen atoms in total. The lowest BCUT2D eigenvalue weighted by Crippen LogP contribution is -2.41. The van der Waals surface area contributed by atoms with Crippen LogP contribution in [0.4, 0.5) is 0 Å². The number of morpholine rings is 1. The molecule has 0 saturated carbocycles. The van der Waals surface area contributed by atoms with Crippen LogP contribution in [0.3, 0.4) is 0 Å². The topological polar surface area (TPSA) is 73.2 Å². The van der Waals surface area contributed by atoms with Crippen LogP contribution < -0.4 is 14.8 Å². The van der Waals surface area contributed by atoms with Crippen molar-refractivity contribution in [1.29, 1.82) is 0 Å². The Hall–Kier alpha value is -3.29. The molecule has 1 fully saturated rings. The van der Waals surface area contributed by atoms with Crippen molar-refractivity contribution < 1.29 is 23.4 Å². The van der Waals surface area contributed by atoms with Crippen molar-refractivity contribution in [2.45, 2.75) is 13.8 Å². The predicted octanol–water partition coefficient (Wildman–Crippen LogP) is 4.36. The number of nitrogens with zero attached hydrogens (tertiary/aromatic N) is 1. The van der Waals surface area contributed by atoms with Crippen LogP contribution in [0.25, 0.3) is 27.7 Å². The molecule has 1 saturated heterocycles. The van der Waals surface area contributed by atoms with Crippen LogP contribution in [-0.4, -0.2) is 63.9 Å². The Morgan fingerprint density at radius 3 is 2.71 bits per heavy atom. The van der Waals surface area contributed by atoms with Crippen molar-refractivity contribution in [2.24, 2.45) is 0 Å². The normalized spacial score (nSPS) is 14.9. The first kappa shape index (κ1) is 23.9. The lowest BCUT2D eigenvalue weighted by Gasteiger charge is -2.26. The number of hydrogen-bond acceptors (Lipinski definition) is 6. The number of amides is 1. The number of rotatable bonds is 9. The van der Waals surface area contributed by atoms with Gasteiger partial charge in [-0.25, -0.2) is 0 Å². The summed E-state index contributed by atoms with van der Waals surface area (Å²) < 4.78 is 22.7. The Kier molecular flexibility index (Phi) is 7.87. The van der Waals surface area contributed by atoms with E-state index >= 15 is 0 Å². The van der Waals surface area contributed by atoms with Gasteiger partial charge in [0.25, 0.3) is 0 Å². The van der Waals surface area contributed by atoms with Crippen LogP contribution in [-0.2, 0) is 9.53 Å². The first-order valence-electron chi connectivity index (χ1n) is 11.7. The van der Waals surface area contributed by atoms with Gasteiger partial charge in [-0.1, -0.05) is 18.2 Å². The molecule has 0 atom stereocenters. The molecule has 34 heavy (non-hydrogen) atoms. The number of fused-ring (bicyclic) bond motifs is 1. The standard InChI is InChI=1S/C27H32N2O5/c1-4-33-25-17-26-22(23(18-34-26)20-7-5-6-8-24(20)31-3)16-21(25)19(2)15-27(30)28-9-10-29-11-13-32-14-12-29/h5-8,15-18H,4,9-14H2,1-3H3,(H,28,30)/b19-15+. The number of furan rings is 1. The second kappa shape index (κ2) is 11.2. The van der Waals surface area contributed by atoms with Gasteiger partial charge < -0.3 is 23.9 Å². The smallest absolute Gasteiger partial charge is 0.244 e. The Labute approximate surface area is 200 Å². The minimum atomic E-state index is -0.120. The fourth-order valence-electron chi connectivity index (χ4n) is 4.20. The Balaban J connectivity index is 1.59. The maximum absolute atomic E-state index is 12.6. The zero-order chi connectivity index (χ0) is 23.9. The van der Waals surface area contributed by atoms with Gasteiger partial charge in [0.05, 0.1) is 33.2 Å². The Bertz CT molecular complexity index is 1160. The molecule has 0 aliphatic carbocycles. The summed E-state index contributed by atoms with van der Waals surface area (Å²) in [5.41, 5.74) is 4.27. The predicted molar refractivity (Wildman–Crippen MR) is 133 cm³/mol. The van der Waals surface area contributed by atoms with E-state index in [4.69, 9.17) is 18.6 Å². The SMILES string of the molecule is CCOc1cc2occ(-c3ccccc3OC)c2cc1/C(C)=C/C(=O)NCCN1CCOCC1. The molecule has 1 aromatic heterocycles. The average Bonchev–Trinajstić information content (AvgIpc) is 3.27. The average molecular weight is 465 g/mol. The molecule has 1 aliphatic rings. The third kappa shape index (κ3) is 5.43. The van der Waals surface area contributed by atoms with Crippen LogP contribution in [0.5, 0.6) is 11.5 Å². The summed E-state index contributed by atoms with van der Waals surface area (Å²) in [6.45, 7) is 9.10. The maximum Gasteiger partial charge on any atom is 0.244 e. The van der Waals surface area contributed by atoms with Gasteiger partial charge in [-0.15, -0.1) is 0 Å². The zero-order valence-electron chi connectivity index (χ0n) is 20.1. The molecule has 4 rings (SSSR count). The molecule has 7 heteroatoms. The van der Waals surface area contributed by atoms with Gasteiger partial charge in [0, 0.05) is 60.4 Å². The highest BCUT2D eigenvalue weighted by atomic mass is 16.5. The summed E-state index contributed by atoms with van der Waals surface area (Å²) >= 11 is 0. The van der Waals surface area contributed by atoms with Crippen LogP contribution in [0.1, 0.15) is 19.4 Å². The number of methoxy groups -OCH3 is 1. The monoisotopic (exact) mass is 464 g/mol. The van der Waals surface area contributed by atoms with E-state index in [-0.39, 0.29) is 5.91 Å². The first-order valence-corrected chi connectivity index (χ1v) is 11.7. The number of nitrogens with one attached hydrogen (secondary N) is 1. The van der Waals surface area contributed by atoms with E-state index in [0.29, 0.717) is 18.9 Å². The molecule has 1 amide bonds. The van der Waals surface area contributed by atoms with Crippen LogP contribution >= 0.6 is 0 Å². The molecule has 0 radical (unpaired) electrons. The zero-order valence-corrected chi connectivity index (χ0v) is 20.1. The largest absolute Gasteiger partial charge is 0.496 e. The number of benzene rings is 2. The van der Waals surface area contributed by atoms with E-state index in [1.165, 1.54) is 0 Å². The Morgan fingerprint density at radius 1 is 1.15 bits per heavy atom. The molecule has 2 heterocycles.